The molecule has 1 fully saturated rings. The quantitative estimate of drug-likeness (QED) is 0.325. The second kappa shape index (κ2) is 9.72. The lowest BCUT2D eigenvalue weighted by atomic mass is 9.84. The molecule has 2 heterocycles. The van der Waals surface area contributed by atoms with E-state index in [0.29, 0.717) is 19.6 Å². The molecule has 11 heteroatoms. The fourth-order valence-corrected chi connectivity index (χ4v) is 3.39. The summed E-state index contributed by atoms with van der Waals surface area (Å²) >= 11 is 0. The van der Waals surface area contributed by atoms with Gasteiger partial charge in [0, 0.05) is 16.2 Å². The van der Waals surface area contributed by atoms with Crippen LogP contribution in [0, 0.1) is 0 Å². The highest BCUT2D eigenvalue weighted by Crippen LogP contribution is 2.32. The number of aliphatic hydroxyl groups is 1. The van der Waals surface area contributed by atoms with Crippen molar-refractivity contribution in [2.24, 2.45) is 10.2 Å². The summed E-state index contributed by atoms with van der Waals surface area (Å²) in [6.07, 6.45) is 4.80. The van der Waals surface area contributed by atoms with Gasteiger partial charge in [-0.2, -0.15) is 0 Å². The van der Waals surface area contributed by atoms with E-state index in [2.05, 4.69) is 20.1 Å². The highest BCUT2D eigenvalue weighted by Gasteiger charge is 2.47. The Morgan fingerprint density at radius 1 is 1.00 bits per heavy atom. The maximum Gasteiger partial charge on any atom is 0.177 e. The van der Waals surface area contributed by atoms with Gasteiger partial charge < -0.3 is 24.1 Å². The Morgan fingerprint density at radius 3 is 2.33 bits per heavy atom. The monoisotopic (exact) mass is 378 g/mol. The van der Waals surface area contributed by atoms with Crippen molar-refractivity contribution < 1.29 is 24.1 Å². The zero-order valence-corrected chi connectivity index (χ0v) is 14.6. The zero-order valence-electron chi connectivity index (χ0n) is 14.6. The van der Waals surface area contributed by atoms with Crippen LogP contribution in [0.2, 0.25) is 0 Å². The van der Waals surface area contributed by atoms with Crippen molar-refractivity contribution in [2.45, 2.75) is 62.2 Å². The second-order valence-corrected chi connectivity index (χ2v) is 6.40. The second-order valence-electron chi connectivity index (χ2n) is 6.40. The molecule has 2 aliphatic heterocycles. The molecular weight excluding hydrogens is 356 g/mol. The molecule has 0 aromatic heterocycles. The Bertz CT molecular complexity index is 660. The summed E-state index contributed by atoms with van der Waals surface area (Å²) in [4.78, 5) is 5.68. The number of aliphatic hydroxyl groups excluding tert-OH is 1. The third-order valence-corrected chi connectivity index (χ3v) is 4.65. The Balaban J connectivity index is 1.79. The van der Waals surface area contributed by atoms with Gasteiger partial charge in [-0.3, -0.25) is 0 Å². The first-order chi connectivity index (χ1) is 13.2. The summed E-state index contributed by atoms with van der Waals surface area (Å²) in [7, 11) is 0. The molecule has 1 saturated carbocycles. The predicted molar refractivity (Wildman–Crippen MR) is 93.2 cm³/mol. The number of rotatable bonds is 6. The standard InChI is InChI=1S/C16H22N6O5/c17-21-19-10-9-11(20-22-18)16(27-13-6-2-4-8-25-13)14(23)15(10)26-12-5-1-3-7-24-12/h1-3,6,10-16,23H,4-5,7-9H2/t10-,11+,12?,13?,14-,15+,16-/m0/s1. The van der Waals surface area contributed by atoms with Crippen molar-refractivity contribution in [2.75, 3.05) is 13.2 Å². The van der Waals surface area contributed by atoms with E-state index < -0.39 is 43.0 Å². The molecule has 0 amide bonds. The van der Waals surface area contributed by atoms with Gasteiger partial charge in [0.2, 0.25) is 0 Å². The van der Waals surface area contributed by atoms with Gasteiger partial charge in [0.1, 0.15) is 6.10 Å². The van der Waals surface area contributed by atoms with E-state index in [1.165, 1.54) is 0 Å². The van der Waals surface area contributed by atoms with Crippen molar-refractivity contribution in [1.82, 2.24) is 0 Å². The summed E-state index contributed by atoms with van der Waals surface area (Å²) < 4.78 is 22.8. The lowest BCUT2D eigenvalue weighted by Crippen LogP contribution is -2.58. The van der Waals surface area contributed by atoms with Crippen LogP contribution >= 0.6 is 0 Å². The molecule has 3 rings (SSSR count). The van der Waals surface area contributed by atoms with Gasteiger partial charge in [-0.05, 0) is 30.0 Å². The number of ether oxygens (including phenoxy) is 4. The van der Waals surface area contributed by atoms with Crippen LogP contribution in [-0.4, -0.2) is 61.3 Å². The first kappa shape index (κ1) is 19.7. The molecule has 1 aliphatic carbocycles. The fourth-order valence-electron chi connectivity index (χ4n) is 3.39. The lowest BCUT2D eigenvalue weighted by molar-refractivity contribution is -0.243. The third-order valence-electron chi connectivity index (χ3n) is 4.65. The molecular formula is C16H22N6O5. The van der Waals surface area contributed by atoms with Crippen LogP contribution in [0.4, 0.5) is 0 Å². The van der Waals surface area contributed by atoms with Gasteiger partial charge in [0.15, 0.2) is 12.6 Å². The minimum atomic E-state index is -1.20. The molecule has 0 bridgehead atoms. The molecule has 1 N–H and O–H groups in total. The number of hydrogen-bond donors (Lipinski definition) is 1. The van der Waals surface area contributed by atoms with Crippen LogP contribution in [0.25, 0.3) is 20.9 Å². The molecule has 3 aliphatic rings. The Kier molecular flexibility index (Phi) is 7.08. The minimum Gasteiger partial charge on any atom is -0.388 e. The van der Waals surface area contributed by atoms with Crippen LogP contribution in [0.15, 0.2) is 34.5 Å². The summed E-state index contributed by atoms with van der Waals surface area (Å²) in [5.41, 5.74) is 17.8. The van der Waals surface area contributed by atoms with Gasteiger partial charge >= 0.3 is 0 Å². The van der Waals surface area contributed by atoms with Crippen LogP contribution in [0.3, 0.4) is 0 Å². The van der Waals surface area contributed by atoms with E-state index in [9.17, 15) is 5.11 Å². The van der Waals surface area contributed by atoms with Crippen molar-refractivity contribution in [3.8, 4) is 0 Å². The van der Waals surface area contributed by atoms with Crippen molar-refractivity contribution in [3.05, 3.63) is 45.2 Å². The lowest BCUT2D eigenvalue weighted by Gasteiger charge is -2.43. The Hall–Kier alpha value is -2.10. The normalized spacial score (nSPS) is 38.6. The largest absolute Gasteiger partial charge is 0.388 e. The Labute approximate surface area is 155 Å². The van der Waals surface area contributed by atoms with Crippen LogP contribution < -0.4 is 0 Å². The molecule has 7 atom stereocenters. The maximum absolute atomic E-state index is 10.9. The molecule has 146 valence electrons. The number of hydrogen-bond acceptors (Lipinski definition) is 7. The van der Waals surface area contributed by atoms with Gasteiger partial charge in [-0.1, -0.05) is 28.5 Å². The number of azide groups is 2. The predicted octanol–water partition coefficient (Wildman–Crippen LogP) is 2.48. The highest BCUT2D eigenvalue weighted by atomic mass is 16.7. The summed E-state index contributed by atoms with van der Waals surface area (Å²) in [5, 5.41) is 18.4. The molecule has 0 spiro atoms. The SMILES string of the molecule is [N-]=[N+]=N[C@H]1C[C@@H](N=[N+]=[N-])[C@H](OC2C=CCCO2)[C@@H](O)[C@@H]1OC1CC=CCO1. The molecule has 0 saturated heterocycles. The van der Waals surface area contributed by atoms with Crippen LogP contribution in [0.5, 0.6) is 0 Å². The third kappa shape index (κ3) is 5.00. The van der Waals surface area contributed by atoms with E-state index in [4.69, 9.17) is 30.0 Å². The zero-order chi connectivity index (χ0) is 19.1. The molecule has 0 aromatic rings. The van der Waals surface area contributed by atoms with E-state index in [1.54, 1.807) is 6.08 Å². The van der Waals surface area contributed by atoms with Gasteiger partial charge in [0.25, 0.3) is 0 Å². The molecule has 2 unspecified atom stereocenters. The van der Waals surface area contributed by atoms with Crippen LogP contribution in [-0.2, 0) is 18.9 Å². The topological polar surface area (TPSA) is 155 Å². The Morgan fingerprint density at radius 2 is 1.74 bits per heavy atom. The first-order valence-electron chi connectivity index (χ1n) is 8.85. The summed E-state index contributed by atoms with van der Waals surface area (Å²) in [6, 6.07) is -1.45. The van der Waals surface area contributed by atoms with E-state index >= 15 is 0 Å². The number of nitrogens with zero attached hydrogens (tertiary/aromatic N) is 6. The van der Waals surface area contributed by atoms with E-state index in [-0.39, 0.29) is 6.42 Å². The maximum atomic E-state index is 10.9. The van der Waals surface area contributed by atoms with Crippen molar-refractivity contribution in [3.63, 3.8) is 0 Å². The smallest absolute Gasteiger partial charge is 0.177 e. The van der Waals surface area contributed by atoms with Gasteiger partial charge in [0.05, 0.1) is 37.5 Å². The van der Waals surface area contributed by atoms with E-state index in [1.807, 2.05) is 18.2 Å². The molecule has 27 heavy (non-hydrogen) atoms. The average Bonchev–Trinajstić information content (AvgIpc) is 2.70. The van der Waals surface area contributed by atoms with Gasteiger partial charge in [-0.25, -0.2) is 0 Å². The summed E-state index contributed by atoms with van der Waals surface area (Å²) in [5.74, 6) is 0. The average molecular weight is 378 g/mol. The first-order valence-corrected chi connectivity index (χ1v) is 8.85. The van der Waals surface area contributed by atoms with E-state index in [0.717, 1.165) is 6.42 Å². The highest BCUT2D eigenvalue weighted by molar-refractivity contribution is 5.03. The molecule has 0 aromatic carbocycles. The fraction of sp³-hybridized carbons (Fsp3) is 0.750. The van der Waals surface area contributed by atoms with Crippen LogP contribution in [0.1, 0.15) is 19.3 Å². The summed E-state index contributed by atoms with van der Waals surface area (Å²) in [6.45, 7) is 0.904. The van der Waals surface area contributed by atoms with Gasteiger partial charge in [-0.15, -0.1) is 0 Å². The minimum absolute atomic E-state index is 0.180. The van der Waals surface area contributed by atoms with Crippen molar-refractivity contribution >= 4 is 0 Å². The molecule has 0 radical (unpaired) electrons. The molecule has 11 nitrogen and oxygen atoms in total. The van der Waals surface area contributed by atoms with Crippen molar-refractivity contribution in [1.29, 1.82) is 0 Å².